The Bertz CT molecular complexity index is 688. The van der Waals surface area contributed by atoms with Crippen LogP contribution in [0.1, 0.15) is 22.0 Å². The maximum atomic E-state index is 12.0. The molecule has 0 bridgehead atoms. The summed E-state index contributed by atoms with van der Waals surface area (Å²) in [4.78, 5) is 23.1. The standard InChI is InChI=1S/C16H14ClNO4/c1-22-16(21)14(10-5-3-2-4-6-10)18-11-7-8-13(17)12(9-11)15(19)20/h2-9,14,18H,1H3,(H,19,20). The number of nitrogens with one attached hydrogen (secondary N) is 1. The number of halogens is 1. The van der Waals surface area contributed by atoms with Gasteiger partial charge in [0.1, 0.15) is 0 Å². The summed E-state index contributed by atoms with van der Waals surface area (Å²) >= 11 is 5.83. The maximum absolute atomic E-state index is 12.0. The molecule has 1 unspecified atom stereocenters. The number of ether oxygens (including phenoxy) is 1. The monoisotopic (exact) mass is 319 g/mol. The molecule has 0 saturated carbocycles. The second kappa shape index (κ2) is 6.95. The van der Waals surface area contributed by atoms with Gasteiger partial charge in [0.25, 0.3) is 0 Å². The minimum atomic E-state index is -1.14. The van der Waals surface area contributed by atoms with Crippen molar-refractivity contribution in [2.45, 2.75) is 6.04 Å². The van der Waals surface area contributed by atoms with Gasteiger partial charge in [0.2, 0.25) is 0 Å². The summed E-state index contributed by atoms with van der Waals surface area (Å²) in [5.41, 5.74) is 1.13. The zero-order chi connectivity index (χ0) is 16.1. The second-order valence-corrected chi connectivity index (χ2v) is 4.92. The Labute approximate surface area is 132 Å². The number of anilines is 1. The molecule has 114 valence electrons. The fraction of sp³-hybridized carbons (Fsp3) is 0.125. The number of aromatic carboxylic acids is 1. The van der Waals surface area contributed by atoms with Gasteiger partial charge in [-0.3, -0.25) is 0 Å². The van der Waals surface area contributed by atoms with Crippen LogP contribution in [0.15, 0.2) is 48.5 Å². The van der Waals surface area contributed by atoms with Crippen LogP contribution in [0.3, 0.4) is 0 Å². The predicted molar refractivity (Wildman–Crippen MR) is 83.2 cm³/mol. The molecule has 0 amide bonds. The highest BCUT2D eigenvalue weighted by molar-refractivity contribution is 6.33. The average Bonchev–Trinajstić information content (AvgIpc) is 2.53. The number of carbonyl (C=O) groups is 2. The lowest BCUT2D eigenvalue weighted by Gasteiger charge is -2.18. The molecule has 1 atom stereocenters. The van der Waals surface area contributed by atoms with Crippen LogP contribution in [-0.4, -0.2) is 24.2 Å². The number of methoxy groups -OCH3 is 1. The van der Waals surface area contributed by atoms with Crippen LogP contribution < -0.4 is 5.32 Å². The zero-order valence-electron chi connectivity index (χ0n) is 11.7. The quantitative estimate of drug-likeness (QED) is 0.826. The van der Waals surface area contributed by atoms with Gasteiger partial charge in [-0.2, -0.15) is 0 Å². The Kier molecular flexibility index (Phi) is 5.01. The van der Waals surface area contributed by atoms with Gasteiger partial charge in [0.05, 0.1) is 17.7 Å². The van der Waals surface area contributed by atoms with Crippen molar-refractivity contribution >= 4 is 29.2 Å². The molecule has 0 spiro atoms. The molecule has 5 nitrogen and oxygen atoms in total. The fourth-order valence-corrected chi connectivity index (χ4v) is 2.19. The molecule has 0 fully saturated rings. The fourth-order valence-electron chi connectivity index (χ4n) is 1.99. The first-order valence-electron chi connectivity index (χ1n) is 6.45. The zero-order valence-corrected chi connectivity index (χ0v) is 12.5. The third kappa shape index (κ3) is 3.56. The van der Waals surface area contributed by atoms with Crippen molar-refractivity contribution in [3.05, 3.63) is 64.7 Å². The van der Waals surface area contributed by atoms with E-state index >= 15 is 0 Å². The van der Waals surface area contributed by atoms with Crippen LogP contribution in [0.2, 0.25) is 5.02 Å². The van der Waals surface area contributed by atoms with E-state index < -0.39 is 18.0 Å². The van der Waals surface area contributed by atoms with Crippen LogP contribution in [0.25, 0.3) is 0 Å². The minimum absolute atomic E-state index is 0.0386. The normalized spacial score (nSPS) is 11.5. The number of carboxylic acids is 1. The first kappa shape index (κ1) is 15.9. The molecule has 0 aliphatic rings. The topological polar surface area (TPSA) is 75.6 Å². The molecule has 0 aliphatic heterocycles. The maximum Gasteiger partial charge on any atom is 0.337 e. The first-order valence-corrected chi connectivity index (χ1v) is 6.83. The van der Waals surface area contributed by atoms with Gasteiger partial charge < -0.3 is 15.2 Å². The summed E-state index contributed by atoms with van der Waals surface area (Å²) in [6, 6.07) is 12.7. The number of rotatable bonds is 5. The number of carboxylic acid groups (broad SMARTS) is 1. The summed E-state index contributed by atoms with van der Waals surface area (Å²) in [6.45, 7) is 0. The molecule has 2 aromatic carbocycles. The first-order chi connectivity index (χ1) is 10.5. The summed E-state index contributed by atoms with van der Waals surface area (Å²) < 4.78 is 4.80. The molecule has 0 heterocycles. The average molecular weight is 320 g/mol. The van der Waals surface area contributed by atoms with Crippen molar-refractivity contribution in [3.63, 3.8) is 0 Å². The Morgan fingerprint density at radius 1 is 1.18 bits per heavy atom. The van der Waals surface area contributed by atoms with E-state index in [0.717, 1.165) is 0 Å². The third-order valence-electron chi connectivity index (χ3n) is 3.08. The molecule has 22 heavy (non-hydrogen) atoms. The van der Waals surface area contributed by atoms with Gasteiger partial charge in [0, 0.05) is 5.69 Å². The van der Waals surface area contributed by atoms with E-state index in [1.165, 1.54) is 19.2 Å². The van der Waals surface area contributed by atoms with Gasteiger partial charge in [0.15, 0.2) is 6.04 Å². The lowest BCUT2D eigenvalue weighted by molar-refractivity contribution is -0.141. The highest BCUT2D eigenvalue weighted by atomic mass is 35.5. The van der Waals surface area contributed by atoms with E-state index in [0.29, 0.717) is 11.3 Å². The summed E-state index contributed by atoms with van der Waals surface area (Å²) in [5, 5.41) is 12.2. The number of hydrogen-bond donors (Lipinski definition) is 2. The smallest absolute Gasteiger partial charge is 0.337 e. The molecule has 0 radical (unpaired) electrons. The number of carbonyl (C=O) groups excluding carboxylic acids is 1. The second-order valence-electron chi connectivity index (χ2n) is 4.51. The van der Waals surface area contributed by atoms with Gasteiger partial charge in [-0.1, -0.05) is 41.9 Å². The van der Waals surface area contributed by atoms with E-state index in [9.17, 15) is 9.59 Å². The van der Waals surface area contributed by atoms with Crippen molar-refractivity contribution in [2.24, 2.45) is 0 Å². The van der Waals surface area contributed by atoms with E-state index in [1.54, 1.807) is 30.3 Å². The molecule has 2 N–H and O–H groups in total. The largest absolute Gasteiger partial charge is 0.478 e. The molecule has 2 aromatic rings. The van der Waals surface area contributed by atoms with Crippen LogP contribution in [0.5, 0.6) is 0 Å². The van der Waals surface area contributed by atoms with Crippen molar-refractivity contribution in [2.75, 3.05) is 12.4 Å². The van der Waals surface area contributed by atoms with E-state index in [4.69, 9.17) is 21.4 Å². The number of benzene rings is 2. The van der Waals surface area contributed by atoms with E-state index in [1.807, 2.05) is 6.07 Å². The van der Waals surface area contributed by atoms with Crippen LogP contribution in [0, 0.1) is 0 Å². The van der Waals surface area contributed by atoms with Gasteiger partial charge >= 0.3 is 11.9 Å². The Balaban J connectivity index is 2.34. The molecule has 6 heteroatoms. The molecule has 0 aliphatic carbocycles. The molecular weight excluding hydrogens is 306 g/mol. The molecule has 0 aromatic heterocycles. The SMILES string of the molecule is COC(=O)C(Nc1ccc(Cl)c(C(=O)O)c1)c1ccccc1. The Morgan fingerprint density at radius 2 is 1.86 bits per heavy atom. The minimum Gasteiger partial charge on any atom is -0.478 e. The van der Waals surface area contributed by atoms with Crippen LogP contribution >= 0.6 is 11.6 Å². The molecular formula is C16H14ClNO4. The van der Waals surface area contributed by atoms with E-state index in [-0.39, 0.29) is 10.6 Å². The van der Waals surface area contributed by atoms with Gasteiger partial charge in [-0.05, 0) is 23.8 Å². The lowest BCUT2D eigenvalue weighted by Crippen LogP contribution is -2.22. The van der Waals surface area contributed by atoms with Gasteiger partial charge in [-0.15, -0.1) is 0 Å². The Hall–Kier alpha value is -2.53. The highest BCUT2D eigenvalue weighted by Gasteiger charge is 2.21. The summed E-state index contributed by atoms with van der Waals surface area (Å²) in [5.74, 6) is -1.61. The van der Waals surface area contributed by atoms with Crippen molar-refractivity contribution in [1.82, 2.24) is 0 Å². The van der Waals surface area contributed by atoms with Crippen LogP contribution in [-0.2, 0) is 9.53 Å². The summed E-state index contributed by atoms with van der Waals surface area (Å²) in [7, 11) is 1.30. The number of hydrogen-bond acceptors (Lipinski definition) is 4. The van der Waals surface area contributed by atoms with E-state index in [2.05, 4.69) is 5.32 Å². The molecule has 2 rings (SSSR count). The van der Waals surface area contributed by atoms with Crippen LogP contribution in [0.4, 0.5) is 5.69 Å². The van der Waals surface area contributed by atoms with Crippen molar-refractivity contribution < 1.29 is 19.4 Å². The molecule has 0 saturated heterocycles. The predicted octanol–water partition coefficient (Wildman–Crippen LogP) is 3.36. The third-order valence-corrected chi connectivity index (χ3v) is 3.41. The summed E-state index contributed by atoms with van der Waals surface area (Å²) in [6.07, 6.45) is 0. The highest BCUT2D eigenvalue weighted by Crippen LogP contribution is 2.25. The van der Waals surface area contributed by atoms with Gasteiger partial charge in [-0.25, -0.2) is 9.59 Å². The van der Waals surface area contributed by atoms with Crippen molar-refractivity contribution in [1.29, 1.82) is 0 Å². The Morgan fingerprint density at radius 3 is 2.45 bits per heavy atom. The number of esters is 1. The lowest BCUT2D eigenvalue weighted by atomic mass is 10.1. The van der Waals surface area contributed by atoms with Crippen molar-refractivity contribution in [3.8, 4) is 0 Å².